The number of ether oxygens (including phenoxy) is 3. The number of aromatic nitrogens is 1. The molecular weight excluding hydrogens is 326 g/mol. The predicted octanol–water partition coefficient (Wildman–Crippen LogP) is 3.83. The molecule has 5 rings (SSSR count). The van der Waals surface area contributed by atoms with Crippen molar-refractivity contribution in [1.29, 1.82) is 0 Å². The fraction of sp³-hybridized carbons (Fsp3) is 0.500. The van der Waals surface area contributed by atoms with Gasteiger partial charge in [-0.25, -0.2) is 0 Å². The Morgan fingerprint density at radius 1 is 1.00 bits per heavy atom. The summed E-state index contributed by atoms with van der Waals surface area (Å²) in [6.07, 6.45) is 2.18. The summed E-state index contributed by atoms with van der Waals surface area (Å²) in [7, 11) is 1.74. The molecule has 0 amide bonds. The van der Waals surface area contributed by atoms with Gasteiger partial charge in [-0.05, 0) is 33.8 Å². The third kappa shape index (κ3) is 2.00. The summed E-state index contributed by atoms with van der Waals surface area (Å²) in [5.41, 5.74) is 3.48. The van der Waals surface area contributed by atoms with E-state index < -0.39 is 5.79 Å². The van der Waals surface area contributed by atoms with E-state index in [0.717, 1.165) is 5.75 Å². The lowest BCUT2D eigenvalue weighted by atomic mass is 9.57. The second-order valence-electron chi connectivity index (χ2n) is 7.59. The van der Waals surface area contributed by atoms with E-state index in [1.165, 1.54) is 16.8 Å². The molecule has 2 aromatic rings. The summed E-state index contributed by atoms with van der Waals surface area (Å²) in [6, 6.07) is 12.9. The van der Waals surface area contributed by atoms with E-state index in [4.69, 9.17) is 14.2 Å². The average molecular weight is 354 g/mol. The lowest BCUT2D eigenvalue weighted by Crippen LogP contribution is -2.71. The summed E-state index contributed by atoms with van der Waals surface area (Å²) in [5.74, 6) is 0.131. The lowest BCUT2D eigenvalue weighted by molar-refractivity contribution is -0.755. The normalized spacial score (nSPS) is 24.0. The van der Waals surface area contributed by atoms with Crippen molar-refractivity contribution in [1.82, 2.24) is 0 Å². The second kappa shape index (κ2) is 6.07. The summed E-state index contributed by atoms with van der Waals surface area (Å²) < 4.78 is 21.1. The Bertz CT molecular complexity index is 824. The molecule has 0 radical (unpaired) electrons. The largest absolute Gasteiger partial charge is 0.496 e. The van der Waals surface area contributed by atoms with Gasteiger partial charge in [-0.2, -0.15) is 4.57 Å². The Hall–Kier alpha value is -1.91. The van der Waals surface area contributed by atoms with Crippen LogP contribution in [0.4, 0.5) is 0 Å². The SMILES string of the molecule is CCOC1(OCC)[C@H]2c3c(OC)cccc3[C@H]([n+]3ccccc32)C1(C)C. The van der Waals surface area contributed by atoms with Crippen molar-refractivity contribution in [2.75, 3.05) is 20.3 Å². The second-order valence-corrected chi connectivity index (χ2v) is 7.59. The molecule has 2 aliphatic heterocycles. The number of hydrogen-bond acceptors (Lipinski definition) is 3. The molecule has 1 aromatic heterocycles. The van der Waals surface area contributed by atoms with Crippen LogP contribution in [0, 0.1) is 5.41 Å². The van der Waals surface area contributed by atoms with Crippen molar-refractivity contribution in [3.05, 3.63) is 59.4 Å². The first kappa shape index (κ1) is 17.5. The Balaban J connectivity index is 2.10. The molecule has 4 nitrogen and oxygen atoms in total. The van der Waals surface area contributed by atoms with Crippen molar-refractivity contribution < 1.29 is 18.8 Å². The first-order chi connectivity index (χ1) is 12.5. The number of methoxy groups -OCH3 is 1. The summed E-state index contributed by atoms with van der Waals surface area (Å²) in [5, 5.41) is 0. The Morgan fingerprint density at radius 3 is 2.38 bits per heavy atom. The molecule has 138 valence electrons. The first-order valence-corrected chi connectivity index (χ1v) is 9.48. The fourth-order valence-electron chi connectivity index (χ4n) is 5.23. The molecule has 0 fully saturated rings. The van der Waals surface area contributed by atoms with E-state index in [9.17, 15) is 0 Å². The molecule has 2 atom stereocenters. The highest BCUT2D eigenvalue weighted by atomic mass is 16.7. The first-order valence-electron chi connectivity index (χ1n) is 9.48. The summed E-state index contributed by atoms with van der Waals surface area (Å²) in [6.45, 7) is 9.82. The average Bonchev–Trinajstić information content (AvgIpc) is 2.64. The smallest absolute Gasteiger partial charge is 0.197 e. The van der Waals surface area contributed by atoms with Gasteiger partial charge in [0, 0.05) is 36.5 Å². The Labute approximate surface area is 155 Å². The van der Waals surface area contributed by atoms with E-state index in [1.54, 1.807) is 7.11 Å². The van der Waals surface area contributed by atoms with Gasteiger partial charge in [0.15, 0.2) is 23.7 Å². The van der Waals surface area contributed by atoms with Crippen LogP contribution < -0.4 is 9.30 Å². The summed E-state index contributed by atoms with van der Waals surface area (Å²) in [4.78, 5) is 0. The van der Waals surface area contributed by atoms with Gasteiger partial charge in [-0.15, -0.1) is 0 Å². The van der Waals surface area contributed by atoms with Crippen LogP contribution in [0.1, 0.15) is 56.5 Å². The number of pyridine rings is 1. The third-order valence-electron chi connectivity index (χ3n) is 6.08. The molecule has 1 aromatic carbocycles. The van der Waals surface area contributed by atoms with Gasteiger partial charge in [0.1, 0.15) is 11.7 Å². The Morgan fingerprint density at radius 2 is 1.73 bits per heavy atom. The van der Waals surface area contributed by atoms with Gasteiger partial charge in [-0.3, -0.25) is 0 Å². The minimum Gasteiger partial charge on any atom is -0.496 e. The van der Waals surface area contributed by atoms with Gasteiger partial charge < -0.3 is 14.2 Å². The van der Waals surface area contributed by atoms with Gasteiger partial charge >= 0.3 is 0 Å². The van der Waals surface area contributed by atoms with Crippen LogP contribution >= 0.6 is 0 Å². The molecule has 2 bridgehead atoms. The molecule has 0 spiro atoms. The highest BCUT2D eigenvalue weighted by molar-refractivity contribution is 5.53. The quantitative estimate of drug-likeness (QED) is 0.604. The monoisotopic (exact) mass is 354 g/mol. The molecule has 0 saturated carbocycles. The Kier molecular flexibility index (Phi) is 4.08. The molecule has 1 aliphatic carbocycles. The minimum atomic E-state index is -0.732. The van der Waals surface area contributed by atoms with E-state index in [-0.39, 0.29) is 17.4 Å². The topological polar surface area (TPSA) is 31.6 Å². The maximum atomic E-state index is 6.48. The van der Waals surface area contributed by atoms with Crippen molar-refractivity contribution in [3.8, 4) is 5.75 Å². The molecule has 0 unspecified atom stereocenters. The maximum Gasteiger partial charge on any atom is 0.197 e. The van der Waals surface area contributed by atoms with Crippen LogP contribution in [0.15, 0.2) is 42.6 Å². The highest BCUT2D eigenvalue weighted by Gasteiger charge is 2.71. The lowest BCUT2D eigenvalue weighted by Gasteiger charge is -2.57. The number of fused-ring (bicyclic) bond motifs is 1. The minimum absolute atomic E-state index is 0.0465. The van der Waals surface area contributed by atoms with E-state index in [1.807, 2.05) is 19.9 Å². The van der Waals surface area contributed by atoms with Gasteiger partial charge in [-0.1, -0.05) is 18.2 Å². The third-order valence-corrected chi connectivity index (χ3v) is 6.08. The molecule has 0 saturated heterocycles. The van der Waals surface area contributed by atoms with E-state index >= 15 is 0 Å². The van der Waals surface area contributed by atoms with Gasteiger partial charge in [0.05, 0.1) is 12.5 Å². The molecule has 26 heavy (non-hydrogen) atoms. The van der Waals surface area contributed by atoms with Gasteiger partial charge in [0.2, 0.25) is 0 Å². The maximum absolute atomic E-state index is 6.48. The number of nitrogens with zero attached hydrogens (tertiary/aromatic N) is 1. The van der Waals surface area contributed by atoms with Crippen LogP contribution in [0.5, 0.6) is 5.75 Å². The molecule has 4 heteroatoms. The number of hydrogen-bond donors (Lipinski definition) is 0. The van der Waals surface area contributed by atoms with Crippen molar-refractivity contribution in [3.63, 3.8) is 0 Å². The molecule has 3 aliphatic rings. The van der Waals surface area contributed by atoms with Crippen molar-refractivity contribution >= 4 is 0 Å². The van der Waals surface area contributed by atoms with Crippen LogP contribution in [0.2, 0.25) is 0 Å². The number of benzene rings is 1. The molecule has 3 heterocycles. The molecular formula is C22H28NO3+. The van der Waals surface area contributed by atoms with Crippen molar-refractivity contribution in [2.45, 2.75) is 45.4 Å². The number of rotatable bonds is 5. The van der Waals surface area contributed by atoms with Gasteiger partial charge in [0.25, 0.3) is 0 Å². The van der Waals surface area contributed by atoms with Crippen LogP contribution in [0.25, 0.3) is 0 Å². The predicted molar refractivity (Wildman–Crippen MR) is 99.4 cm³/mol. The highest BCUT2D eigenvalue weighted by Crippen LogP contribution is 2.63. The van der Waals surface area contributed by atoms with E-state index in [2.05, 4.69) is 54.9 Å². The van der Waals surface area contributed by atoms with Crippen LogP contribution in [-0.4, -0.2) is 26.1 Å². The zero-order valence-corrected chi connectivity index (χ0v) is 16.3. The standard InChI is InChI=1S/C22H28NO3/c1-6-25-22(26-7-2)19-16-12-8-9-14-23(16)20(21(22,3)4)15-11-10-13-17(24-5)18(15)19/h8-14,19-20H,6-7H2,1-5H3/q+1/t19-,20+/m1/s1. The fourth-order valence-corrected chi connectivity index (χ4v) is 5.23. The van der Waals surface area contributed by atoms with Crippen LogP contribution in [-0.2, 0) is 9.47 Å². The van der Waals surface area contributed by atoms with Crippen LogP contribution in [0.3, 0.4) is 0 Å². The van der Waals surface area contributed by atoms with Crippen molar-refractivity contribution in [2.24, 2.45) is 5.41 Å². The zero-order valence-electron chi connectivity index (χ0n) is 16.3. The summed E-state index contributed by atoms with van der Waals surface area (Å²) >= 11 is 0. The molecule has 0 N–H and O–H groups in total. The zero-order chi connectivity index (χ0) is 18.5. The van der Waals surface area contributed by atoms with E-state index in [0.29, 0.717) is 13.2 Å².